The van der Waals surface area contributed by atoms with Gasteiger partial charge in [-0.15, -0.1) is 0 Å². The van der Waals surface area contributed by atoms with Crippen molar-refractivity contribution >= 4 is 33.4 Å². The molecule has 2 aromatic heterocycles. The molecule has 0 aliphatic carbocycles. The zero-order valence-electron chi connectivity index (χ0n) is 20.4. The molecular formula is C24H27BrF3N5O4S. The number of benzene rings is 1. The molecule has 0 aliphatic rings. The number of pyridine rings is 1. The minimum atomic E-state index is -1.58. The number of ether oxygens (including phenoxy) is 3. The number of hydrogen-bond acceptors (Lipinski definition) is 10. The van der Waals surface area contributed by atoms with Gasteiger partial charge in [-0.2, -0.15) is 0 Å². The van der Waals surface area contributed by atoms with E-state index in [1.165, 1.54) is 35.6 Å². The van der Waals surface area contributed by atoms with Gasteiger partial charge in [-0.1, -0.05) is 11.8 Å². The van der Waals surface area contributed by atoms with Crippen LogP contribution in [0.3, 0.4) is 0 Å². The van der Waals surface area contributed by atoms with Gasteiger partial charge in [0.1, 0.15) is 23.5 Å². The van der Waals surface area contributed by atoms with Gasteiger partial charge in [-0.3, -0.25) is 4.98 Å². The van der Waals surface area contributed by atoms with Gasteiger partial charge < -0.3 is 29.4 Å². The molecule has 0 radical (unpaired) electrons. The van der Waals surface area contributed by atoms with E-state index >= 15 is 0 Å². The van der Waals surface area contributed by atoms with Gasteiger partial charge in [-0.05, 0) is 41.1 Å². The summed E-state index contributed by atoms with van der Waals surface area (Å²) in [4.78, 5) is 9.05. The van der Waals surface area contributed by atoms with Gasteiger partial charge in [0, 0.05) is 40.1 Å². The van der Waals surface area contributed by atoms with E-state index in [0.29, 0.717) is 18.9 Å². The molecule has 4 N–H and O–H groups in total. The summed E-state index contributed by atoms with van der Waals surface area (Å²) in [6.45, 7) is 3.18. The molecule has 2 atom stereocenters. The second kappa shape index (κ2) is 15.1. The fraction of sp³-hybridized carbons (Fsp3) is 0.333. The maximum atomic E-state index is 13.7. The number of thioether (sulfide) groups is 1. The fourth-order valence-corrected chi connectivity index (χ4v) is 4.71. The Balaban J connectivity index is 1.82. The van der Waals surface area contributed by atoms with E-state index in [0.717, 1.165) is 21.5 Å². The van der Waals surface area contributed by atoms with Crippen LogP contribution in [0.15, 0.2) is 63.2 Å². The monoisotopic (exact) mass is 617 g/mol. The summed E-state index contributed by atoms with van der Waals surface area (Å²) in [6.07, 6.45) is 6.66. The standard InChI is InChI=1S/C24H27BrF3N5O4S/c1-2-34-3-4-36-24(38-18-7-16(25)8-31-9-18)22(37-13-17-12-35-14-32-17)11-33(30)10-21(29)15-5-19(26)23(28)20(27)6-15/h5-10,12,14,22,24H,2-4,11,13,29-30H2,1H3/b21-10-/t22-,24?/m0/s1. The normalized spacial score (nSPS) is 13.5. The SMILES string of the molecule is CCOCCOC(Sc1cncc(Br)c1)[C@H](CN(N)/C=C(\N)c1cc(F)c(F)c(F)c1)OCc1cocn1. The van der Waals surface area contributed by atoms with E-state index < -0.39 is 29.0 Å². The summed E-state index contributed by atoms with van der Waals surface area (Å²) < 4.78 is 64.1. The molecule has 0 spiro atoms. The summed E-state index contributed by atoms with van der Waals surface area (Å²) in [5.74, 6) is 1.88. The van der Waals surface area contributed by atoms with E-state index in [9.17, 15) is 13.2 Å². The lowest BCUT2D eigenvalue weighted by Crippen LogP contribution is -2.42. The topological polar surface area (TPSA) is 122 Å². The molecule has 3 aromatic rings. The maximum Gasteiger partial charge on any atom is 0.194 e. The van der Waals surface area contributed by atoms with Gasteiger partial charge in [-0.25, -0.2) is 24.0 Å². The van der Waals surface area contributed by atoms with Crippen molar-refractivity contribution in [2.24, 2.45) is 11.6 Å². The number of halogens is 4. The van der Waals surface area contributed by atoms with Gasteiger partial charge in [0.15, 0.2) is 23.8 Å². The second-order valence-corrected chi connectivity index (χ2v) is 9.84. The first-order valence-electron chi connectivity index (χ1n) is 11.4. The number of hydrazine groups is 1. The smallest absolute Gasteiger partial charge is 0.194 e. The van der Waals surface area contributed by atoms with E-state index in [-0.39, 0.29) is 31.0 Å². The van der Waals surface area contributed by atoms with Crippen molar-refractivity contribution in [1.82, 2.24) is 15.0 Å². The predicted molar refractivity (Wildman–Crippen MR) is 138 cm³/mol. The van der Waals surface area contributed by atoms with Crippen molar-refractivity contribution in [3.63, 3.8) is 0 Å². The Hall–Kier alpha value is -2.62. The molecule has 3 rings (SSSR count). The molecule has 0 aliphatic heterocycles. The van der Waals surface area contributed by atoms with Crippen molar-refractivity contribution in [3.8, 4) is 0 Å². The number of oxazole rings is 1. The minimum absolute atomic E-state index is 0.0401. The van der Waals surface area contributed by atoms with Crippen LogP contribution < -0.4 is 11.6 Å². The molecule has 1 aromatic carbocycles. The lowest BCUT2D eigenvalue weighted by atomic mass is 10.1. The molecule has 0 saturated heterocycles. The van der Waals surface area contributed by atoms with Crippen molar-refractivity contribution in [3.05, 3.63) is 82.6 Å². The highest BCUT2D eigenvalue weighted by Crippen LogP contribution is 2.30. The Morgan fingerprint density at radius 2 is 1.95 bits per heavy atom. The second-order valence-electron chi connectivity index (χ2n) is 7.76. The van der Waals surface area contributed by atoms with Crippen LogP contribution in [0, 0.1) is 17.5 Å². The van der Waals surface area contributed by atoms with Crippen molar-refractivity contribution in [1.29, 1.82) is 0 Å². The highest BCUT2D eigenvalue weighted by atomic mass is 79.9. The summed E-state index contributed by atoms with van der Waals surface area (Å²) >= 11 is 4.76. The molecule has 38 heavy (non-hydrogen) atoms. The highest BCUT2D eigenvalue weighted by molar-refractivity contribution is 9.10. The van der Waals surface area contributed by atoms with E-state index in [1.807, 2.05) is 13.0 Å². The van der Waals surface area contributed by atoms with Crippen LogP contribution in [0.1, 0.15) is 18.2 Å². The average Bonchev–Trinajstić information content (AvgIpc) is 3.40. The van der Waals surface area contributed by atoms with E-state index in [1.54, 1.807) is 12.4 Å². The van der Waals surface area contributed by atoms with E-state index in [4.69, 9.17) is 30.2 Å². The van der Waals surface area contributed by atoms with Crippen molar-refractivity contribution < 1.29 is 31.8 Å². The summed E-state index contributed by atoms with van der Waals surface area (Å²) in [6, 6.07) is 3.44. The molecule has 14 heteroatoms. The van der Waals surface area contributed by atoms with Crippen molar-refractivity contribution in [2.45, 2.75) is 30.0 Å². The van der Waals surface area contributed by atoms with Crippen LogP contribution in [-0.4, -0.2) is 52.9 Å². The minimum Gasteiger partial charge on any atom is -0.451 e. The third-order valence-corrected chi connectivity index (χ3v) is 6.49. The van der Waals surface area contributed by atoms with Gasteiger partial charge >= 0.3 is 0 Å². The van der Waals surface area contributed by atoms with Crippen LogP contribution >= 0.6 is 27.7 Å². The third kappa shape index (κ3) is 9.29. The molecule has 9 nitrogen and oxygen atoms in total. The van der Waals surface area contributed by atoms with Crippen LogP contribution in [-0.2, 0) is 20.8 Å². The van der Waals surface area contributed by atoms with Crippen LogP contribution in [0.2, 0.25) is 0 Å². The van der Waals surface area contributed by atoms with Gasteiger partial charge in [0.2, 0.25) is 0 Å². The number of nitrogens with zero attached hydrogens (tertiary/aromatic N) is 3. The summed E-state index contributed by atoms with van der Waals surface area (Å²) in [5, 5.41) is 1.20. The molecule has 0 fully saturated rings. The lowest BCUT2D eigenvalue weighted by molar-refractivity contribution is -0.0611. The largest absolute Gasteiger partial charge is 0.451 e. The Kier molecular flexibility index (Phi) is 11.9. The van der Waals surface area contributed by atoms with E-state index in [2.05, 4.69) is 25.9 Å². The van der Waals surface area contributed by atoms with Crippen molar-refractivity contribution in [2.75, 3.05) is 26.4 Å². The van der Waals surface area contributed by atoms with Crippen LogP contribution in [0.4, 0.5) is 13.2 Å². The quantitative estimate of drug-likeness (QED) is 0.0632. The Morgan fingerprint density at radius 3 is 2.61 bits per heavy atom. The zero-order chi connectivity index (χ0) is 27.5. The first-order chi connectivity index (χ1) is 18.3. The number of nitrogens with two attached hydrogens (primary N) is 2. The Bertz CT molecular complexity index is 1170. The maximum absolute atomic E-state index is 13.7. The first-order valence-corrected chi connectivity index (χ1v) is 13.0. The molecule has 206 valence electrons. The molecule has 1 unspecified atom stereocenters. The fourth-order valence-electron chi connectivity index (χ4n) is 3.13. The Morgan fingerprint density at radius 1 is 1.18 bits per heavy atom. The Labute approximate surface area is 230 Å². The molecule has 2 heterocycles. The summed E-state index contributed by atoms with van der Waals surface area (Å²) in [5.41, 5.74) is 5.79. The number of hydrogen-bond donors (Lipinski definition) is 2. The lowest BCUT2D eigenvalue weighted by Gasteiger charge is -2.30. The van der Waals surface area contributed by atoms with Crippen LogP contribution in [0.25, 0.3) is 5.70 Å². The third-order valence-electron chi connectivity index (χ3n) is 4.89. The molecule has 0 amide bonds. The van der Waals surface area contributed by atoms with Crippen LogP contribution in [0.5, 0.6) is 0 Å². The molecule has 0 bridgehead atoms. The predicted octanol–water partition coefficient (Wildman–Crippen LogP) is 4.44. The number of aromatic nitrogens is 2. The van der Waals surface area contributed by atoms with Gasteiger partial charge in [0.05, 0.1) is 32.1 Å². The molecular weight excluding hydrogens is 591 g/mol. The van der Waals surface area contributed by atoms with Gasteiger partial charge in [0.25, 0.3) is 0 Å². The molecule has 0 saturated carbocycles. The first kappa shape index (κ1) is 29.9. The zero-order valence-corrected chi connectivity index (χ0v) is 22.8. The average molecular weight is 618 g/mol. The highest BCUT2D eigenvalue weighted by Gasteiger charge is 2.27. The summed E-state index contributed by atoms with van der Waals surface area (Å²) in [7, 11) is 0. The number of rotatable bonds is 15.